The first-order valence-corrected chi connectivity index (χ1v) is 5.81. The summed E-state index contributed by atoms with van der Waals surface area (Å²) in [5.41, 5.74) is 6.04. The number of nitrogens with two attached hydrogens (primary N) is 1. The van der Waals surface area contributed by atoms with Crippen LogP contribution >= 0.6 is 0 Å². The van der Waals surface area contributed by atoms with E-state index >= 15 is 0 Å². The normalized spacial score (nSPS) is 10.7. The van der Waals surface area contributed by atoms with Gasteiger partial charge >= 0.3 is 0 Å². The molecule has 0 bridgehead atoms. The minimum absolute atomic E-state index is 0.0112. The molecule has 4 nitrogen and oxygen atoms in total. The van der Waals surface area contributed by atoms with Crippen LogP contribution in [0.3, 0.4) is 0 Å². The fourth-order valence-electron chi connectivity index (χ4n) is 1.69. The van der Waals surface area contributed by atoms with Crippen LogP contribution in [0.4, 0.5) is 10.1 Å². The first-order valence-electron chi connectivity index (χ1n) is 5.81. The second-order valence-electron chi connectivity index (χ2n) is 4.36. The Morgan fingerprint density at radius 1 is 1.44 bits per heavy atom. The maximum atomic E-state index is 13.2. The van der Waals surface area contributed by atoms with Gasteiger partial charge in [0.25, 0.3) is 5.91 Å². The Morgan fingerprint density at radius 3 is 2.61 bits per heavy atom. The lowest BCUT2D eigenvalue weighted by atomic mass is 10.1. The van der Waals surface area contributed by atoms with Gasteiger partial charge in [-0.3, -0.25) is 4.79 Å². The lowest BCUT2D eigenvalue weighted by Gasteiger charge is -2.26. The molecule has 0 aliphatic rings. The average molecular weight is 254 g/mol. The topological polar surface area (TPSA) is 55.6 Å². The van der Waals surface area contributed by atoms with Crippen LogP contribution in [0, 0.1) is 5.82 Å². The summed E-state index contributed by atoms with van der Waals surface area (Å²) in [5, 5.41) is 0. The Bertz CT molecular complexity index is 401. The molecule has 0 saturated heterocycles. The van der Waals surface area contributed by atoms with Crippen molar-refractivity contribution in [1.82, 2.24) is 4.90 Å². The van der Waals surface area contributed by atoms with E-state index < -0.39 is 5.82 Å². The van der Waals surface area contributed by atoms with E-state index in [1.54, 1.807) is 12.0 Å². The lowest BCUT2D eigenvalue weighted by Crippen LogP contribution is -2.39. The standard InChI is InChI=1S/C13H19FN2O2/c1-9(2)16(4-5-18-3)13(17)10-6-11(14)8-12(15)7-10/h6-9H,4-5,15H2,1-3H3. The number of nitrogens with zero attached hydrogens (tertiary/aromatic N) is 1. The van der Waals surface area contributed by atoms with Gasteiger partial charge in [0.2, 0.25) is 0 Å². The van der Waals surface area contributed by atoms with Gasteiger partial charge in [-0.25, -0.2) is 4.39 Å². The second-order valence-corrected chi connectivity index (χ2v) is 4.36. The van der Waals surface area contributed by atoms with Gasteiger partial charge < -0.3 is 15.4 Å². The number of methoxy groups -OCH3 is 1. The molecule has 0 unspecified atom stereocenters. The van der Waals surface area contributed by atoms with Gasteiger partial charge in [0, 0.05) is 30.9 Å². The fourth-order valence-corrected chi connectivity index (χ4v) is 1.69. The summed E-state index contributed by atoms with van der Waals surface area (Å²) < 4.78 is 18.2. The molecule has 0 heterocycles. The van der Waals surface area contributed by atoms with Crippen LogP contribution in [0.15, 0.2) is 18.2 Å². The van der Waals surface area contributed by atoms with E-state index in [0.717, 1.165) is 0 Å². The van der Waals surface area contributed by atoms with Crippen molar-refractivity contribution < 1.29 is 13.9 Å². The molecule has 1 aromatic carbocycles. The van der Waals surface area contributed by atoms with Crippen molar-refractivity contribution in [2.75, 3.05) is 26.0 Å². The number of amides is 1. The first kappa shape index (κ1) is 14.4. The maximum absolute atomic E-state index is 13.2. The highest BCUT2D eigenvalue weighted by Gasteiger charge is 2.19. The number of ether oxygens (including phenoxy) is 1. The molecule has 0 aromatic heterocycles. The predicted molar refractivity (Wildman–Crippen MR) is 68.9 cm³/mol. The molecule has 1 rings (SSSR count). The predicted octanol–water partition coefficient (Wildman–Crippen LogP) is 1.90. The van der Waals surface area contributed by atoms with Crippen molar-refractivity contribution in [2.45, 2.75) is 19.9 Å². The smallest absolute Gasteiger partial charge is 0.254 e. The molecule has 1 aromatic rings. The van der Waals surface area contributed by atoms with Crippen molar-refractivity contribution in [3.05, 3.63) is 29.6 Å². The van der Waals surface area contributed by atoms with Crippen LogP contribution in [-0.2, 0) is 4.74 Å². The maximum Gasteiger partial charge on any atom is 0.254 e. The first-order chi connectivity index (χ1) is 8.45. The molecule has 0 spiro atoms. The molecule has 0 saturated carbocycles. The van der Waals surface area contributed by atoms with E-state index in [1.165, 1.54) is 18.2 Å². The zero-order valence-corrected chi connectivity index (χ0v) is 10.9. The number of rotatable bonds is 5. The number of nitrogen functional groups attached to an aromatic ring is 1. The number of benzene rings is 1. The number of carbonyl (C=O) groups is 1. The van der Waals surface area contributed by atoms with E-state index in [-0.39, 0.29) is 23.2 Å². The monoisotopic (exact) mass is 254 g/mol. The summed E-state index contributed by atoms with van der Waals surface area (Å²) in [6.07, 6.45) is 0. The largest absolute Gasteiger partial charge is 0.399 e. The van der Waals surface area contributed by atoms with Gasteiger partial charge in [0.05, 0.1) is 6.61 Å². The number of halogens is 1. The molecule has 2 N–H and O–H groups in total. The highest BCUT2D eigenvalue weighted by molar-refractivity contribution is 5.95. The zero-order chi connectivity index (χ0) is 13.7. The highest BCUT2D eigenvalue weighted by atomic mass is 19.1. The van der Waals surface area contributed by atoms with Crippen LogP contribution in [-0.4, -0.2) is 37.1 Å². The number of hydrogen-bond donors (Lipinski definition) is 1. The van der Waals surface area contributed by atoms with E-state index in [1.807, 2.05) is 13.8 Å². The third-order valence-electron chi connectivity index (χ3n) is 2.59. The summed E-state index contributed by atoms with van der Waals surface area (Å²) in [6.45, 7) is 4.70. The van der Waals surface area contributed by atoms with Crippen LogP contribution in [0.2, 0.25) is 0 Å². The Morgan fingerprint density at radius 2 is 2.11 bits per heavy atom. The molecule has 0 atom stereocenters. The molecule has 1 amide bonds. The van der Waals surface area contributed by atoms with E-state index in [2.05, 4.69) is 0 Å². The molecule has 5 heteroatoms. The van der Waals surface area contributed by atoms with E-state index in [4.69, 9.17) is 10.5 Å². The number of anilines is 1. The average Bonchev–Trinajstić information content (AvgIpc) is 2.27. The van der Waals surface area contributed by atoms with Crippen molar-refractivity contribution in [3.8, 4) is 0 Å². The van der Waals surface area contributed by atoms with Crippen LogP contribution < -0.4 is 5.73 Å². The third-order valence-corrected chi connectivity index (χ3v) is 2.59. The summed E-state index contributed by atoms with van der Waals surface area (Å²) in [6, 6.07) is 3.87. The zero-order valence-electron chi connectivity index (χ0n) is 10.9. The molecule has 18 heavy (non-hydrogen) atoms. The van der Waals surface area contributed by atoms with Crippen molar-refractivity contribution >= 4 is 11.6 Å². The van der Waals surface area contributed by atoms with Crippen molar-refractivity contribution in [1.29, 1.82) is 0 Å². The third kappa shape index (κ3) is 3.70. The number of hydrogen-bond acceptors (Lipinski definition) is 3. The van der Waals surface area contributed by atoms with Crippen LogP contribution in [0.5, 0.6) is 0 Å². The molecular weight excluding hydrogens is 235 g/mol. The van der Waals surface area contributed by atoms with Crippen LogP contribution in [0.25, 0.3) is 0 Å². The van der Waals surface area contributed by atoms with Crippen molar-refractivity contribution in [3.63, 3.8) is 0 Å². The Labute approximate surface area is 107 Å². The summed E-state index contributed by atoms with van der Waals surface area (Å²) in [5.74, 6) is -0.748. The summed E-state index contributed by atoms with van der Waals surface area (Å²) in [4.78, 5) is 13.9. The minimum Gasteiger partial charge on any atom is -0.399 e. The SMILES string of the molecule is COCCN(C(=O)c1cc(N)cc(F)c1)C(C)C. The van der Waals surface area contributed by atoms with Crippen LogP contribution in [0.1, 0.15) is 24.2 Å². The molecule has 0 fully saturated rings. The van der Waals surface area contributed by atoms with Gasteiger partial charge in [-0.2, -0.15) is 0 Å². The van der Waals surface area contributed by atoms with Gasteiger partial charge in [0.1, 0.15) is 5.82 Å². The molecular formula is C13H19FN2O2. The molecule has 0 aliphatic heterocycles. The Kier molecular flexibility index (Phi) is 5.09. The molecule has 0 aliphatic carbocycles. The Balaban J connectivity index is 2.94. The van der Waals surface area contributed by atoms with Gasteiger partial charge in [-0.15, -0.1) is 0 Å². The molecule has 0 radical (unpaired) electrons. The van der Waals surface area contributed by atoms with Gasteiger partial charge in [-0.05, 0) is 32.0 Å². The van der Waals surface area contributed by atoms with Gasteiger partial charge in [-0.1, -0.05) is 0 Å². The summed E-state index contributed by atoms with van der Waals surface area (Å²) in [7, 11) is 1.57. The summed E-state index contributed by atoms with van der Waals surface area (Å²) >= 11 is 0. The Hall–Kier alpha value is -1.62. The van der Waals surface area contributed by atoms with E-state index in [0.29, 0.717) is 13.2 Å². The lowest BCUT2D eigenvalue weighted by molar-refractivity contribution is 0.0634. The minimum atomic E-state index is -0.506. The van der Waals surface area contributed by atoms with Gasteiger partial charge in [0.15, 0.2) is 0 Å². The van der Waals surface area contributed by atoms with E-state index in [9.17, 15) is 9.18 Å². The van der Waals surface area contributed by atoms with Crippen molar-refractivity contribution in [2.24, 2.45) is 0 Å². The molecule has 100 valence electrons. The highest BCUT2D eigenvalue weighted by Crippen LogP contribution is 2.14. The quantitative estimate of drug-likeness (QED) is 0.816. The number of carbonyl (C=O) groups excluding carboxylic acids is 1. The second kappa shape index (κ2) is 6.35. The fraction of sp³-hybridized carbons (Fsp3) is 0.462.